The first kappa shape index (κ1) is 16.0. The third-order valence-corrected chi connectivity index (χ3v) is 6.34. The third-order valence-electron chi connectivity index (χ3n) is 5.86. The van der Waals surface area contributed by atoms with Gasteiger partial charge in [0.2, 0.25) is 5.28 Å². The van der Waals surface area contributed by atoms with Gasteiger partial charge in [0.1, 0.15) is 10.9 Å². The first-order valence-corrected chi connectivity index (χ1v) is 9.10. The highest BCUT2D eigenvalue weighted by Crippen LogP contribution is 2.55. The van der Waals surface area contributed by atoms with E-state index in [2.05, 4.69) is 29.0 Å². The Bertz CT molecular complexity index is 809. The molecule has 0 aliphatic heterocycles. The number of rotatable bonds is 1. The van der Waals surface area contributed by atoms with Gasteiger partial charge >= 0.3 is 0 Å². The molecule has 0 spiro atoms. The third kappa shape index (κ3) is 2.21. The second-order valence-corrected chi connectivity index (χ2v) is 7.54. The fraction of sp³-hybridized carbons (Fsp3) is 0.421. The standard InChI is InChI=1S/C19H18Cl2N2O/c1-11-14-8-7-13-16(22-18(21)23-17(13)20)19(14,10-9-15(11)24)12-5-3-2-4-6-12/h2-6,11,14H,7-10H2,1H3/t11-,14-,19+/m0/s1. The molecule has 24 heavy (non-hydrogen) atoms. The molecule has 0 saturated heterocycles. The first-order chi connectivity index (χ1) is 11.5. The Morgan fingerprint density at radius 2 is 1.88 bits per heavy atom. The van der Waals surface area contributed by atoms with Crippen LogP contribution in [0.1, 0.15) is 43.0 Å². The van der Waals surface area contributed by atoms with Gasteiger partial charge < -0.3 is 0 Å². The molecular formula is C19H18Cl2N2O. The van der Waals surface area contributed by atoms with Crippen molar-refractivity contribution < 1.29 is 4.79 Å². The van der Waals surface area contributed by atoms with E-state index in [1.807, 2.05) is 18.2 Å². The zero-order chi connectivity index (χ0) is 16.9. The monoisotopic (exact) mass is 360 g/mol. The lowest BCUT2D eigenvalue weighted by Gasteiger charge is -2.50. The van der Waals surface area contributed by atoms with Crippen molar-refractivity contribution in [3.8, 4) is 0 Å². The predicted molar refractivity (Wildman–Crippen MR) is 94.5 cm³/mol. The molecule has 0 amide bonds. The topological polar surface area (TPSA) is 42.9 Å². The molecule has 3 atom stereocenters. The lowest BCUT2D eigenvalue weighted by molar-refractivity contribution is -0.128. The van der Waals surface area contributed by atoms with Gasteiger partial charge in [-0.25, -0.2) is 9.97 Å². The van der Waals surface area contributed by atoms with E-state index >= 15 is 0 Å². The summed E-state index contributed by atoms with van der Waals surface area (Å²) < 4.78 is 0. The van der Waals surface area contributed by atoms with E-state index in [-0.39, 0.29) is 22.5 Å². The highest BCUT2D eigenvalue weighted by atomic mass is 35.5. The van der Waals surface area contributed by atoms with Crippen molar-refractivity contribution in [2.45, 2.75) is 38.0 Å². The summed E-state index contributed by atoms with van der Waals surface area (Å²) in [7, 11) is 0. The molecule has 1 fully saturated rings. The summed E-state index contributed by atoms with van der Waals surface area (Å²) in [4.78, 5) is 21.1. The van der Waals surface area contributed by atoms with Crippen molar-refractivity contribution in [3.63, 3.8) is 0 Å². The number of benzene rings is 1. The molecule has 1 aromatic carbocycles. The van der Waals surface area contributed by atoms with Gasteiger partial charge in [-0.1, -0.05) is 48.9 Å². The predicted octanol–water partition coefficient (Wildman–Crippen LogP) is 4.63. The molecule has 3 nitrogen and oxygen atoms in total. The van der Waals surface area contributed by atoms with Gasteiger partial charge in [-0.2, -0.15) is 0 Å². The van der Waals surface area contributed by atoms with Crippen LogP contribution in [0.3, 0.4) is 0 Å². The highest BCUT2D eigenvalue weighted by Gasteiger charge is 2.53. The molecule has 2 aliphatic rings. The van der Waals surface area contributed by atoms with E-state index in [1.165, 1.54) is 5.56 Å². The maximum atomic E-state index is 12.4. The summed E-state index contributed by atoms with van der Waals surface area (Å²) in [6.07, 6.45) is 3.02. The average Bonchev–Trinajstić information content (AvgIpc) is 2.58. The highest BCUT2D eigenvalue weighted by molar-refractivity contribution is 6.32. The van der Waals surface area contributed by atoms with Crippen molar-refractivity contribution in [2.24, 2.45) is 11.8 Å². The lowest BCUT2D eigenvalue weighted by Crippen LogP contribution is -2.50. The maximum Gasteiger partial charge on any atom is 0.224 e. The molecular weight excluding hydrogens is 343 g/mol. The van der Waals surface area contributed by atoms with Crippen LogP contribution in [0.15, 0.2) is 30.3 Å². The smallest absolute Gasteiger partial charge is 0.224 e. The largest absolute Gasteiger partial charge is 0.299 e. The second kappa shape index (κ2) is 5.82. The molecule has 5 heteroatoms. The van der Waals surface area contributed by atoms with Gasteiger partial charge in [-0.3, -0.25) is 4.79 Å². The van der Waals surface area contributed by atoms with Crippen LogP contribution in [-0.4, -0.2) is 15.8 Å². The zero-order valence-corrected chi connectivity index (χ0v) is 14.9. The van der Waals surface area contributed by atoms with Gasteiger partial charge in [0.15, 0.2) is 0 Å². The summed E-state index contributed by atoms with van der Waals surface area (Å²) in [5, 5.41) is 0.627. The zero-order valence-electron chi connectivity index (χ0n) is 13.4. The van der Waals surface area contributed by atoms with E-state index in [9.17, 15) is 4.79 Å². The molecule has 1 saturated carbocycles. The Labute approximate surface area is 151 Å². The SMILES string of the molecule is C[C@@H]1C(=O)CC[C@]2(c3ccccc3)c3nc(Cl)nc(Cl)c3CC[C@@H]12. The molecule has 0 unspecified atom stereocenters. The summed E-state index contributed by atoms with van der Waals surface area (Å²) >= 11 is 12.5. The lowest BCUT2D eigenvalue weighted by atomic mass is 9.53. The quantitative estimate of drug-likeness (QED) is 0.549. The molecule has 2 aliphatic carbocycles. The van der Waals surface area contributed by atoms with E-state index in [0.717, 1.165) is 30.5 Å². The van der Waals surface area contributed by atoms with Crippen LogP contribution in [0.5, 0.6) is 0 Å². The van der Waals surface area contributed by atoms with Crippen molar-refractivity contribution in [1.82, 2.24) is 9.97 Å². The van der Waals surface area contributed by atoms with Gasteiger partial charge in [0.05, 0.1) is 5.69 Å². The average molecular weight is 361 g/mol. The van der Waals surface area contributed by atoms with E-state index in [1.54, 1.807) is 0 Å². The molecule has 0 radical (unpaired) electrons. The fourth-order valence-corrected chi connectivity index (χ4v) is 5.20. The molecule has 4 rings (SSSR count). The summed E-state index contributed by atoms with van der Waals surface area (Å²) in [6, 6.07) is 10.4. The number of hydrogen-bond donors (Lipinski definition) is 0. The Morgan fingerprint density at radius 1 is 1.12 bits per heavy atom. The number of carbonyl (C=O) groups excluding carboxylic acids is 1. The van der Waals surface area contributed by atoms with Crippen LogP contribution in [0.25, 0.3) is 0 Å². The summed E-state index contributed by atoms with van der Waals surface area (Å²) in [5.41, 5.74) is 2.80. The number of carbonyl (C=O) groups is 1. The number of aromatic nitrogens is 2. The van der Waals surface area contributed by atoms with Crippen molar-refractivity contribution in [3.05, 3.63) is 57.6 Å². The normalized spacial score (nSPS) is 29.0. The summed E-state index contributed by atoms with van der Waals surface area (Å²) in [6.45, 7) is 2.05. The van der Waals surface area contributed by atoms with Crippen molar-refractivity contribution in [1.29, 1.82) is 0 Å². The van der Waals surface area contributed by atoms with Crippen LogP contribution in [0.2, 0.25) is 10.4 Å². The number of ketones is 1. The Morgan fingerprint density at radius 3 is 2.62 bits per heavy atom. The molecule has 2 aromatic rings. The minimum absolute atomic E-state index is 0.0135. The number of halogens is 2. The number of Topliss-reactive ketones (excluding diaryl/α,β-unsaturated/α-hetero) is 1. The van der Waals surface area contributed by atoms with Crippen LogP contribution < -0.4 is 0 Å². The maximum absolute atomic E-state index is 12.4. The van der Waals surface area contributed by atoms with Crippen LogP contribution in [-0.2, 0) is 16.6 Å². The molecule has 1 aromatic heterocycles. The fourth-order valence-electron chi connectivity index (χ4n) is 4.73. The van der Waals surface area contributed by atoms with Crippen LogP contribution >= 0.6 is 23.2 Å². The Kier molecular flexibility index (Phi) is 3.89. The van der Waals surface area contributed by atoms with E-state index < -0.39 is 0 Å². The number of nitrogens with zero attached hydrogens (tertiary/aromatic N) is 2. The molecule has 0 bridgehead atoms. The van der Waals surface area contributed by atoms with Gasteiger partial charge in [0.25, 0.3) is 0 Å². The molecule has 124 valence electrons. The minimum atomic E-state index is -0.307. The molecule has 0 N–H and O–H groups in total. The van der Waals surface area contributed by atoms with Gasteiger partial charge in [-0.15, -0.1) is 0 Å². The van der Waals surface area contributed by atoms with E-state index in [0.29, 0.717) is 17.4 Å². The van der Waals surface area contributed by atoms with Gasteiger partial charge in [0, 0.05) is 23.3 Å². The van der Waals surface area contributed by atoms with Crippen molar-refractivity contribution >= 4 is 29.0 Å². The molecule has 1 heterocycles. The number of hydrogen-bond acceptors (Lipinski definition) is 3. The summed E-state index contributed by atoms with van der Waals surface area (Å²) in [5.74, 6) is 0.580. The Hall–Kier alpha value is -1.45. The second-order valence-electron chi connectivity index (χ2n) is 6.85. The van der Waals surface area contributed by atoms with Gasteiger partial charge in [-0.05, 0) is 42.3 Å². The Balaban J connectivity index is 2.02. The van der Waals surface area contributed by atoms with Crippen LogP contribution in [0.4, 0.5) is 0 Å². The van der Waals surface area contributed by atoms with E-state index in [4.69, 9.17) is 23.2 Å². The number of fused-ring (bicyclic) bond motifs is 3. The van der Waals surface area contributed by atoms with Crippen molar-refractivity contribution in [2.75, 3.05) is 0 Å². The first-order valence-electron chi connectivity index (χ1n) is 8.34. The van der Waals surface area contributed by atoms with Crippen LogP contribution in [0, 0.1) is 11.8 Å². The minimum Gasteiger partial charge on any atom is -0.299 e.